The third kappa shape index (κ3) is 9.65. The molecule has 260 valence electrons. The Balaban J connectivity index is 0.000000148. The van der Waals surface area contributed by atoms with Crippen molar-refractivity contribution in [2.45, 2.75) is 39.0 Å². The molecule has 0 aromatic heterocycles. The third-order valence-electron chi connectivity index (χ3n) is 8.95. The number of ether oxygens (including phenoxy) is 2. The summed E-state index contributed by atoms with van der Waals surface area (Å²) >= 11 is 2.27. The lowest BCUT2D eigenvalue weighted by atomic mass is 10.1. The van der Waals surface area contributed by atoms with Gasteiger partial charge >= 0.3 is 11.9 Å². The van der Waals surface area contributed by atoms with E-state index in [0.717, 1.165) is 27.8 Å². The van der Waals surface area contributed by atoms with Gasteiger partial charge in [-0.25, -0.2) is 0 Å². The Kier molecular flexibility index (Phi) is 12.2. The maximum Gasteiger partial charge on any atom is 0.326 e. The maximum atomic E-state index is 11.8. The second kappa shape index (κ2) is 17.1. The molecule has 0 spiro atoms. The molecule has 4 fully saturated rings. The molecule has 4 aliphatic heterocycles. The van der Waals surface area contributed by atoms with Crippen molar-refractivity contribution in [2.24, 2.45) is 11.8 Å². The van der Waals surface area contributed by atoms with Crippen LogP contribution >= 0.6 is 22.6 Å². The standard InChI is InChI=1S/C21H19NO3.C12H12INO3.C9H8/c1-15-2-4-16(5-3-15)6-7-17-8-10-18(11-9-17)12-22-20-19(14-25-22)13-24-21(20)23;13-10-3-1-8(2-4-10)5-14-11-9(7-17-14)6-16-12(11)15;1-3-9-6-4-8(2)5-7-9/h2-5,8-11,19-20H,12-14H2,1H3;1-4,9,11H,5-7H2;1,4-7H,2H3/t19-,20+;9-,11+;/m11./s1. The Labute approximate surface area is 313 Å². The number of cyclic esters (lactones) is 2. The highest BCUT2D eigenvalue weighted by Crippen LogP contribution is 2.30. The second-order valence-corrected chi connectivity index (χ2v) is 14.1. The summed E-state index contributed by atoms with van der Waals surface area (Å²) < 4.78 is 11.4. The molecule has 0 N–H and O–H groups in total. The van der Waals surface area contributed by atoms with Crippen LogP contribution in [0.4, 0.5) is 0 Å². The normalized spacial score (nSPS) is 21.8. The summed E-state index contributed by atoms with van der Waals surface area (Å²) in [6.07, 6.45) is 5.15. The van der Waals surface area contributed by atoms with Gasteiger partial charge < -0.3 is 9.47 Å². The van der Waals surface area contributed by atoms with Crippen LogP contribution in [0.3, 0.4) is 0 Å². The largest absolute Gasteiger partial charge is 0.464 e. The summed E-state index contributed by atoms with van der Waals surface area (Å²) in [7, 11) is 0. The number of aryl methyl sites for hydroxylation is 2. The first-order valence-corrected chi connectivity index (χ1v) is 17.9. The first-order chi connectivity index (χ1) is 24.7. The maximum absolute atomic E-state index is 11.8. The molecule has 0 unspecified atom stereocenters. The quantitative estimate of drug-likeness (QED) is 0.137. The van der Waals surface area contributed by atoms with Crippen LogP contribution < -0.4 is 0 Å². The number of nitrogens with zero attached hydrogens (tertiary/aromatic N) is 2. The van der Waals surface area contributed by atoms with Crippen molar-refractivity contribution in [3.63, 3.8) is 0 Å². The predicted molar refractivity (Wildman–Crippen MR) is 201 cm³/mol. The van der Waals surface area contributed by atoms with Gasteiger partial charge in [0.25, 0.3) is 0 Å². The van der Waals surface area contributed by atoms with Crippen LogP contribution in [0, 0.1) is 53.4 Å². The van der Waals surface area contributed by atoms with E-state index in [1.54, 1.807) is 10.1 Å². The van der Waals surface area contributed by atoms with E-state index in [-0.39, 0.29) is 35.9 Å². The highest BCUT2D eigenvalue weighted by Gasteiger charge is 2.48. The lowest BCUT2D eigenvalue weighted by molar-refractivity contribution is -0.171. The number of fused-ring (bicyclic) bond motifs is 2. The zero-order valence-electron chi connectivity index (χ0n) is 28.6. The van der Waals surface area contributed by atoms with Crippen molar-refractivity contribution in [1.29, 1.82) is 0 Å². The van der Waals surface area contributed by atoms with E-state index in [9.17, 15) is 9.59 Å². The molecule has 51 heavy (non-hydrogen) atoms. The van der Waals surface area contributed by atoms with Gasteiger partial charge in [0.05, 0.1) is 39.5 Å². The van der Waals surface area contributed by atoms with E-state index < -0.39 is 0 Å². The molecule has 4 saturated heterocycles. The van der Waals surface area contributed by atoms with E-state index in [1.165, 1.54) is 14.7 Å². The number of carbonyl (C=O) groups excluding carboxylic acids is 2. The zero-order valence-corrected chi connectivity index (χ0v) is 30.7. The van der Waals surface area contributed by atoms with Crippen LogP contribution in [-0.4, -0.2) is 60.6 Å². The van der Waals surface area contributed by atoms with Gasteiger partial charge in [-0.2, -0.15) is 10.1 Å². The number of terminal acetylenes is 1. The molecular weight excluding hydrogens is 755 g/mol. The summed E-state index contributed by atoms with van der Waals surface area (Å²) in [5, 5.41) is 3.50. The zero-order chi connectivity index (χ0) is 35.7. The van der Waals surface area contributed by atoms with Crippen molar-refractivity contribution < 1.29 is 28.7 Å². The molecule has 4 atom stereocenters. The fourth-order valence-corrected chi connectivity index (χ4v) is 6.37. The number of hydrogen-bond donors (Lipinski definition) is 0. The molecule has 9 heteroatoms. The number of rotatable bonds is 4. The topological polar surface area (TPSA) is 77.5 Å². The summed E-state index contributed by atoms with van der Waals surface area (Å²) in [6.45, 7) is 7.40. The number of halogens is 1. The smallest absolute Gasteiger partial charge is 0.326 e. The van der Waals surface area contributed by atoms with Gasteiger partial charge in [-0.1, -0.05) is 77.4 Å². The Morgan fingerprint density at radius 1 is 0.608 bits per heavy atom. The molecule has 8 rings (SSSR count). The Hall–Kier alpha value is -4.49. The summed E-state index contributed by atoms with van der Waals surface area (Å²) in [6, 6.07) is 31.8. The van der Waals surface area contributed by atoms with Gasteiger partial charge in [-0.3, -0.25) is 19.3 Å². The van der Waals surface area contributed by atoms with Crippen molar-refractivity contribution in [2.75, 3.05) is 26.4 Å². The van der Waals surface area contributed by atoms with Gasteiger partial charge in [0.1, 0.15) is 12.1 Å². The van der Waals surface area contributed by atoms with Gasteiger partial charge in [0.15, 0.2) is 0 Å². The van der Waals surface area contributed by atoms with Crippen molar-refractivity contribution in [3.8, 4) is 24.2 Å². The monoisotopic (exact) mass is 794 g/mol. The number of hydroxylamine groups is 4. The van der Waals surface area contributed by atoms with Crippen LogP contribution in [0.15, 0.2) is 97.1 Å². The molecule has 0 amide bonds. The fraction of sp³-hybridized carbons (Fsp3) is 0.286. The van der Waals surface area contributed by atoms with E-state index in [0.29, 0.717) is 39.5 Å². The van der Waals surface area contributed by atoms with Gasteiger partial charge in [0.2, 0.25) is 0 Å². The average molecular weight is 795 g/mol. The highest BCUT2D eigenvalue weighted by atomic mass is 127. The summed E-state index contributed by atoms with van der Waals surface area (Å²) in [5.41, 5.74) is 7.62. The lowest BCUT2D eigenvalue weighted by Gasteiger charge is -2.18. The molecule has 4 aromatic carbocycles. The molecular formula is C42H39IN2O6. The van der Waals surface area contributed by atoms with Gasteiger partial charge in [0, 0.05) is 32.1 Å². The number of carbonyl (C=O) groups is 2. The predicted octanol–water partition coefficient (Wildman–Crippen LogP) is 6.24. The van der Waals surface area contributed by atoms with Crippen LogP contribution in [0.2, 0.25) is 0 Å². The molecule has 0 bridgehead atoms. The van der Waals surface area contributed by atoms with Crippen LogP contribution in [0.5, 0.6) is 0 Å². The summed E-state index contributed by atoms with van der Waals surface area (Å²) in [4.78, 5) is 34.6. The van der Waals surface area contributed by atoms with E-state index in [4.69, 9.17) is 25.6 Å². The van der Waals surface area contributed by atoms with E-state index in [1.807, 2.05) is 67.6 Å². The Morgan fingerprint density at radius 2 is 1.00 bits per heavy atom. The minimum Gasteiger partial charge on any atom is -0.464 e. The van der Waals surface area contributed by atoms with Crippen LogP contribution in [0.25, 0.3) is 0 Å². The molecule has 8 nitrogen and oxygen atoms in total. The van der Waals surface area contributed by atoms with Crippen LogP contribution in [-0.2, 0) is 41.8 Å². The van der Waals surface area contributed by atoms with E-state index >= 15 is 0 Å². The molecule has 4 heterocycles. The molecule has 0 radical (unpaired) electrons. The van der Waals surface area contributed by atoms with Crippen molar-refractivity contribution in [1.82, 2.24) is 10.1 Å². The number of benzene rings is 4. The SMILES string of the molecule is C#Cc1ccc(C)cc1.Cc1ccc(C#Cc2ccc(CN3OC[C@H]4COC(=O)[C@H]43)cc2)cc1.O=C1OC[C@@H]2CON(Cc3ccc(I)cc3)[C@H]12. The molecule has 0 aliphatic carbocycles. The minimum atomic E-state index is -0.263. The molecule has 4 aromatic rings. The minimum absolute atomic E-state index is 0.155. The highest BCUT2D eigenvalue weighted by molar-refractivity contribution is 14.1. The van der Waals surface area contributed by atoms with Crippen molar-refractivity contribution >= 4 is 34.5 Å². The van der Waals surface area contributed by atoms with Crippen molar-refractivity contribution in [3.05, 3.63) is 140 Å². The Morgan fingerprint density at radius 3 is 1.43 bits per heavy atom. The summed E-state index contributed by atoms with van der Waals surface area (Å²) in [5.74, 6) is 8.93. The number of esters is 2. The van der Waals surface area contributed by atoms with Gasteiger partial charge in [-0.15, -0.1) is 6.42 Å². The second-order valence-electron chi connectivity index (χ2n) is 12.9. The first-order valence-electron chi connectivity index (χ1n) is 16.8. The number of hydrogen-bond acceptors (Lipinski definition) is 8. The van der Waals surface area contributed by atoms with Crippen LogP contribution in [0.1, 0.15) is 38.9 Å². The first kappa shape index (κ1) is 36.3. The molecule has 4 aliphatic rings. The van der Waals surface area contributed by atoms with Gasteiger partial charge in [-0.05, 0) is 96.1 Å². The fourth-order valence-electron chi connectivity index (χ4n) is 6.01. The third-order valence-corrected chi connectivity index (χ3v) is 9.67. The average Bonchev–Trinajstić information content (AvgIpc) is 3.93. The van der Waals surface area contributed by atoms with E-state index in [2.05, 4.69) is 83.7 Å². The Bertz CT molecular complexity index is 1910. The lowest BCUT2D eigenvalue weighted by Crippen LogP contribution is -2.34. The molecule has 0 saturated carbocycles.